The summed E-state index contributed by atoms with van der Waals surface area (Å²) in [6.07, 6.45) is 4.00. The van der Waals surface area contributed by atoms with Crippen LogP contribution in [0.2, 0.25) is 0 Å². The standard InChI is InChI=1S/C15H19N3O4/c1-5-9(2)13(14(19)20-3)12-6-11(18-22-12)10-7-16-15(21-4)17-8-10/h6-9,13H,5H2,1-4H3. The first-order valence-electron chi connectivity index (χ1n) is 7.01. The topological polar surface area (TPSA) is 87.3 Å². The number of esters is 1. The maximum absolute atomic E-state index is 12.0. The summed E-state index contributed by atoms with van der Waals surface area (Å²) < 4.78 is 15.1. The van der Waals surface area contributed by atoms with E-state index in [9.17, 15) is 4.79 Å². The summed E-state index contributed by atoms with van der Waals surface area (Å²) in [5, 5.41) is 3.99. The lowest BCUT2D eigenvalue weighted by atomic mass is 9.89. The van der Waals surface area contributed by atoms with Crippen LogP contribution in [0.4, 0.5) is 0 Å². The molecule has 0 radical (unpaired) electrons. The van der Waals surface area contributed by atoms with Gasteiger partial charge in [-0.15, -0.1) is 0 Å². The van der Waals surface area contributed by atoms with Crippen molar-refractivity contribution in [1.29, 1.82) is 0 Å². The molecule has 0 saturated carbocycles. The molecule has 0 aliphatic carbocycles. The lowest BCUT2D eigenvalue weighted by Crippen LogP contribution is -2.20. The van der Waals surface area contributed by atoms with Gasteiger partial charge in [-0.05, 0) is 5.92 Å². The van der Waals surface area contributed by atoms with Gasteiger partial charge in [0.2, 0.25) is 0 Å². The van der Waals surface area contributed by atoms with E-state index in [0.29, 0.717) is 17.0 Å². The fourth-order valence-corrected chi connectivity index (χ4v) is 2.12. The predicted molar refractivity (Wildman–Crippen MR) is 78.3 cm³/mol. The Balaban J connectivity index is 2.29. The molecule has 0 bridgehead atoms. The van der Waals surface area contributed by atoms with Gasteiger partial charge in [-0.3, -0.25) is 4.79 Å². The van der Waals surface area contributed by atoms with Crippen molar-refractivity contribution in [2.75, 3.05) is 14.2 Å². The van der Waals surface area contributed by atoms with Crippen molar-refractivity contribution >= 4 is 5.97 Å². The largest absolute Gasteiger partial charge is 0.468 e. The molecule has 2 rings (SSSR count). The van der Waals surface area contributed by atoms with Gasteiger partial charge < -0.3 is 14.0 Å². The number of rotatable bonds is 6. The summed E-state index contributed by atoms with van der Waals surface area (Å²) in [5.74, 6) is -0.245. The number of nitrogens with zero attached hydrogens (tertiary/aromatic N) is 3. The monoisotopic (exact) mass is 305 g/mol. The van der Waals surface area contributed by atoms with E-state index in [1.165, 1.54) is 14.2 Å². The van der Waals surface area contributed by atoms with Crippen LogP contribution in [0.25, 0.3) is 11.3 Å². The first kappa shape index (κ1) is 15.9. The van der Waals surface area contributed by atoms with Crippen LogP contribution >= 0.6 is 0 Å². The van der Waals surface area contributed by atoms with E-state index in [2.05, 4.69) is 15.1 Å². The molecule has 0 spiro atoms. The molecule has 2 aromatic heterocycles. The number of carbonyl (C=O) groups excluding carboxylic acids is 1. The van der Waals surface area contributed by atoms with Crippen LogP contribution in [0.1, 0.15) is 31.9 Å². The Labute approximate surface area is 128 Å². The van der Waals surface area contributed by atoms with Crippen LogP contribution in [-0.2, 0) is 9.53 Å². The predicted octanol–water partition coefficient (Wildman–Crippen LogP) is 2.44. The van der Waals surface area contributed by atoms with E-state index in [-0.39, 0.29) is 17.9 Å². The van der Waals surface area contributed by atoms with Crippen molar-refractivity contribution in [3.8, 4) is 17.3 Å². The second-order valence-electron chi connectivity index (χ2n) is 4.96. The molecule has 2 aromatic rings. The number of methoxy groups -OCH3 is 2. The number of hydrogen-bond donors (Lipinski definition) is 0. The van der Waals surface area contributed by atoms with Crippen molar-refractivity contribution < 1.29 is 18.8 Å². The quantitative estimate of drug-likeness (QED) is 0.757. The van der Waals surface area contributed by atoms with Gasteiger partial charge in [-0.25, -0.2) is 9.97 Å². The molecule has 0 fully saturated rings. The third kappa shape index (κ3) is 3.24. The lowest BCUT2D eigenvalue weighted by Gasteiger charge is -2.17. The molecule has 22 heavy (non-hydrogen) atoms. The van der Waals surface area contributed by atoms with Crippen molar-refractivity contribution in [3.63, 3.8) is 0 Å². The average molecular weight is 305 g/mol. The molecule has 2 unspecified atom stereocenters. The van der Waals surface area contributed by atoms with Gasteiger partial charge in [-0.2, -0.15) is 0 Å². The maximum Gasteiger partial charge on any atom is 0.316 e. The summed E-state index contributed by atoms with van der Waals surface area (Å²) >= 11 is 0. The van der Waals surface area contributed by atoms with E-state index in [0.717, 1.165) is 6.42 Å². The minimum atomic E-state index is -0.476. The van der Waals surface area contributed by atoms with Gasteiger partial charge in [-0.1, -0.05) is 25.4 Å². The summed E-state index contributed by atoms with van der Waals surface area (Å²) in [4.78, 5) is 20.0. The summed E-state index contributed by atoms with van der Waals surface area (Å²) in [6, 6.07) is 2.00. The second-order valence-corrected chi connectivity index (χ2v) is 4.96. The number of aromatic nitrogens is 3. The molecule has 0 aromatic carbocycles. The van der Waals surface area contributed by atoms with Crippen molar-refractivity contribution in [1.82, 2.24) is 15.1 Å². The third-order valence-corrected chi connectivity index (χ3v) is 3.61. The fraction of sp³-hybridized carbons (Fsp3) is 0.467. The average Bonchev–Trinajstić information content (AvgIpc) is 3.04. The molecule has 0 saturated heterocycles. The van der Waals surface area contributed by atoms with Crippen molar-refractivity contribution in [2.24, 2.45) is 5.92 Å². The Morgan fingerprint density at radius 3 is 2.55 bits per heavy atom. The van der Waals surface area contributed by atoms with Crippen LogP contribution < -0.4 is 4.74 Å². The Hall–Kier alpha value is -2.44. The van der Waals surface area contributed by atoms with E-state index in [1.54, 1.807) is 18.5 Å². The van der Waals surface area contributed by atoms with Gasteiger partial charge in [0.05, 0.1) is 14.2 Å². The van der Waals surface area contributed by atoms with Gasteiger partial charge >= 0.3 is 12.0 Å². The highest BCUT2D eigenvalue weighted by Crippen LogP contribution is 2.31. The molecule has 0 aliphatic heterocycles. The lowest BCUT2D eigenvalue weighted by molar-refractivity contribution is -0.144. The molecule has 0 aliphatic rings. The maximum atomic E-state index is 12.0. The number of hydrogen-bond acceptors (Lipinski definition) is 7. The molecule has 7 heteroatoms. The van der Waals surface area contributed by atoms with Gasteiger partial charge in [0, 0.05) is 24.0 Å². The second kappa shape index (κ2) is 7.02. The Bertz CT molecular complexity index is 624. The van der Waals surface area contributed by atoms with E-state index in [4.69, 9.17) is 14.0 Å². The van der Waals surface area contributed by atoms with Crippen molar-refractivity contribution in [2.45, 2.75) is 26.2 Å². The highest BCUT2D eigenvalue weighted by Gasteiger charge is 2.30. The highest BCUT2D eigenvalue weighted by atomic mass is 16.5. The van der Waals surface area contributed by atoms with E-state index >= 15 is 0 Å². The van der Waals surface area contributed by atoms with E-state index < -0.39 is 5.92 Å². The van der Waals surface area contributed by atoms with Crippen molar-refractivity contribution in [3.05, 3.63) is 24.2 Å². The zero-order chi connectivity index (χ0) is 16.1. The van der Waals surface area contributed by atoms with Crippen LogP contribution in [0.3, 0.4) is 0 Å². The summed E-state index contributed by atoms with van der Waals surface area (Å²) in [6.45, 7) is 3.98. The first-order valence-corrected chi connectivity index (χ1v) is 7.01. The molecule has 0 amide bonds. The Morgan fingerprint density at radius 2 is 2.00 bits per heavy atom. The van der Waals surface area contributed by atoms with Crippen LogP contribution in [0, 0.1) is 5.92 Å². The highest BCUT2D eigenvalue weighted by molar-refractivity contribution is 5.78. The molecule has 0 N–H and O–H groups in total. The normalized spacial score (nSPS) is 13.5. The summed E-state index contributed by atoms with van der Waals surface area (Å²) in [5.41, 5.74) is 1.25. The number of ether oxygens (including phenoxy) is 2. The Morgan fingerprint density at radius 1 is 1.32 bits per heavy atom. The minimum Gasteiger partial charge on any atom is -0.468 e. The molecule has 2 atom stereocenters. The van der Waals surface area contributed by atoms with Gasteiger partial charge in [0.15, 0.2) is 5.76 Å². The minimum absolute atomic E-state index is 0.0837. The van der Waals surface area contributed by atoms with Gasteiger partial charge in [0.25, 0.3) is 0 Å². The third-order valence-electron chi connectivity index (χ3n) is 3.61. The number of carbonyl (C=O) groups is 1. The van der Waals surface area contributed by atoms with E-state index in [1.807, 2.05) is 13.8 Å². The smallest absolute Gasteiger partial charge is 0.316 e. The SMILES string of the molecule is CCC(C)C(C(=O)OC)c1cc(-c2cnc(OC)nc2)no1. The zero-order valence-corrected chi connectivity index (χ0v) is 13.1. The van der Waals surface area contributed by atoms with Crippen LogP contribution in [-0.4, -0.2) is 35.3 Å². The zero-order valence-electron chi connectivity index (χ0n) is 13.1. The first-order chi connectivity index (χ1) is 10.6. The Kier molecular flexibility index (Phi) is 5.08. The molecule has 118 valence electrons. The summed E-state index contributed by atoms with van der Waals surface area (Å²) in [7, 11) is 2.86. The fourth-order valence-electron chi connectivity index (χ4n) is 2.12. The molecular formula is C15H19N3O4. The molecule has 2 heterocycles. The molecular weight excluding hydrogens is 286 g/mol. The van der Waals surface area contributed by atoms with Crippen LogP contribution in [0.15, 0.2) is 23.0 Å². The molecule has 7 nitrogen and oxygen atoms in total. The van der Waals surface area contributed by atoms with Gasteiger partial charge in [0.1, 0.15) is 11.6 Å². The van der Waals surface area contributed by atoms with Crippen LogP contribution in [0.5, 0.6) is 6.01 Å².